The fourth-order valence-corrected chi connectivity index (χ4v) is 2.98. The molecule has 0 amide bonds. The predicted octanol–water partition coefficient (Wildman–Crippen LogP) is 3.27. The fourth-order valence-electron chi connectivity index (χ4n) is 2.37. The highest BCUT2D eigenvalue weighted by molar-refractivity contribution is 7.09. The largest absolute Gasteiger partial charge is 0.497 e. The molecule has 0 unspecified atom stereocenters. The van der Waals surface area contributed by atoms with Gasteiger partial charge in [0.2, 0.25) is 0 Å². The topological polar surface area (TPSA) is 59.0 Å². The van der Waals surface area contributed by atoms with E-state index in [9.17, 15) is 8.78 Å². The molecule has 1 aromatic heterocycles. The van der Waals surface area contributed by atoms with Gasteiger partial charge in [0.05, 0.1) is 24.4 Å². The summed E-state index contributed by atoms with van der Waals surface area (Å²) in [7, 11) is 5.01. The zero-order valence-corrected chi connectivity index (χ0v) is 15.9. The Balaban J connectivity index is 2.05. The van der Waals surface area contributed by atoms with Crippen LogP contribution in [0.3, 0.4) is 0 Å². The van der Waals surface area contributed by atoms with Gasteiger partial charge in [-0.3, -0.25) is 4.99 Å². The van der Waals surface area contributed by atoms with Crippen molar-refractivity contribution >= 4 is 17.3 Å². The molecule has 2 aromatic rings. The SMILES string of the molecule is CN=C(NCc1ccc(OC)cc1OC(F)F)N(C)Cc1csc(C)n1. The lowest BCUT2D eigenvalue weighted by Crippen LogP contribution is -2.38. The summed E-state index contributed by atoms with van der Waals surface area (Å²) < 4.78 is 35.0. The molecule has 0 saturated carbocycles. The lowest BCUT2D eigenvalue weighted by Gasteiger charge is -2.22. The van der Waals surface area contributed by atoms with Gasteiger partial charge in [-0.25, -0.2) is 4.98 Å². The van der Waals surface area contributed by atoms with Crippen LogP contribution in [0, 0.1) is 6.92 Å². The van der Waals surface area contributed by atoms with Crippen LogP contribution >= 0.6 is 11.3 Å². The van der Waals surface area contributed by atoms with Crippen LogP contribution in [0.15, 0.2) is 28.6 Å². The van der Waals surface area contributed by atoms with Crippen molar-refractivity contribution in [3.05, 3.63) is 39.8 Å². The quantitative estimate of drug-likeness (QED) is 0.587. The smallest absolute Gasteiger partial charge is 0.387 e. The molecular formula is C17H22F2N4O2S. The summed E-state index contributed by atoms with van der Waals surface area (Å²) in [5, 5.41) is 6.15. The number of halogens is 2. The van der Waals surface area contributed by atoms with Crippen molar-refractivity contribution in [3.8, 4) is 11.5 Å². The maximum Gasteiger partial charge on any atom is 0.387 e. The summed E-state index contributed by atoms with van der Waals surface area (Å²) in [6, 6.07) is 4.81. The number of methoxy groups -OCH3 is 1. The Bertz CT molecular complexity index is 752. The van der Waals surface area contributed by atoms with Crippen LogP contribution in [-0.4, -0.2) is 43.7 Å². The number of alkyl halides is 2. The van der Waals surface area contributed by atoms with E-state index in [0.717, 1.165) is 10.7 Å². The lowest BCUT2D eigenvalue weighted by atomic mass is 10.2. The third-order valence-electron chi connectivity index (χ3n) is 3.57. The first kappa shape index (κ1) is 19.9. The molecule has 0 spiro atoms. The molecule has 0 saturated heterocycles. The highest BCUT2D eigenvalue weighted by Gasteiger charge is 2.13. The summed E-state index contributed by atoms with van der Waals surface area (Å²) >= 11 is 1.59. The number of aryl methyl sites for hydroxylation is 1. The number of hydrogen-bond acceptors (Lipinski definition) is 5. The van der Waals surface area contributed by atoms with Gasteiger partial charge in [0.15, 0.2) is 5.96 Å². The minimum atomic E-state index is -2.91. The molecular weight excluding hydrogens is 362 g/mol. The Kier molecular flexibility index (Phi) is 7.14. The van der Waals surface area contributed by atoms with Crippen molar-refractivity contribution in [2.24, 2.45) is 4.99 Å². The molecule has 142 valence electrons. The van der Waals surface area contributed by atoms with Gasteiger partial charge in [0.1, 0.15) is 11.5 Å². The molecule has 0 radical (unpaired) electrons. The third-order valence-corrected chi connectivity index (χ3v) is 4.39. The molecule has 0 aliphatic rings. The van der Waals surface area contributed by atoms with E-state index >= 15 is 0 Å². The van der Waals surface area contributed by atoms with E-state index in [1.807, 2.05) is 24.3 Å². The van der Waals surface area contributed by atoms with Crippen molar-refractivity contribution in [2.75, 3.05) is 21.2 Å². The Morgan fingerprint density at radius 2 is 2.19 bits per heavy atom. The monoisotopic (exact) mass is 384 g/mol. The molecule has 0 atom stereocenters. The second kappa shape index (κ2) is 9.33. The van der Waals surface area contributed by atoms with Gasteiger partial charge in [-0.1, -0.05) is 0 Å². The number of guanidine groups is 1. The first-order chi connectivity index (χ1) is 12.4. The molecule has 0 aliphatic carbocycles. The van der Waals surface area contributed by atoms with Crippen LogP contribution in [-0.2, 0) is 13.1 Å². The van der Waals surface area contributed by atoms with Gasteiger partial charge in [-0.2, -0.15) is 8.78 Å². The van der Waals surface area contributed by atoms with E-state index in [4.69, 9.17) is 4.74 Å². The second-order valence-corrected chi connectivity index (χ2v) is 6.53. The van der Waals surface area contributed by atoms with Crippen molar-refractivity contribution in [1.29, 1.82) is 0 Å². The maximum atomic E-state index is 12.7. The molecule has 26 heavy (non-hydrogen) atoms. The highest BCUT2D eigenvalue weighted by atomic mass is 32.1. The van der Waals surface area contributed by atoms with E-state index in [0.29, 0.717) is 23.8 Å². The zero-order valence-electron chi connectivity index (χ0n) is 15.1. The minimum Gasteiger partial charge on any atom is -0.497 e. The average molecular weight is 384 g/mol. The Labute approximate surface area is 155 Å². The predicted molar refractivity (Wildman–Crippen MR) is 98.1 cm³/mol. The van der Waals surface area contributed by atoms with Crippen LogP contribution in [0.25, 0.3) is 0 Å². The van der Waals surface area contributed by atoms with Gasteiger partial charge in [0.25, 0.3) is 0 Å². The first-order valence-electron chi connectivity index (χ1n) is 7.87. The lowest BCUT2D eigenvalue weighted by molar-refractivity contribution is -0.0505. The average Bonchev–Trinajstić information content (AvgIpc) is 3.00. The summed E-state index contributed by atoms with van der Waals surface area (Å²) in [6.45, 7) is -0.0857. The Morgan fingerprint density at radius 3 is 2.77 bits per heavy atom. The number of rotatable bonds is 7. The van der Waals surface area contributed by atoms with E-state index in [-0.39, 0.29) is 12.3 Å². The van der Waals surface area contributed by atoms with E-state index < -0.39 is 6.61 Å². The molecule has 0 fully saturated rings. The summed E-state index contributed by atoms with van der Waals surface area (Å²) in [4.78, 5) is 10.6. The molecule has 1 aromatic carbocycles. The van der Waals surface area contributed by atoms with Gasteiger partial charge in [-0.15, -0.1) is 11.3 Å². The molecule has 0 aliphatic heterocycles. The molecule has 6 nitrogen and oxygen atoms in total. The van der Waals surface area contributed by atoms with Crippen LogP contribution in [0.1, 0.15) is 16.3 Å². The molecule has 9 heteroatoms. The number of benzene rings is 1. The van der Waals surface area contributed by atoms with Crippen molar-refractivity contribution < 1.29 is 18.3 Å². The normalized spacial score (nSPS) is 11.6. The molecule has 0 bridgehead atoms. The van der Waals surface area contributed by atoms with Gasteiger partial charge < -0.3 is 19.7 Å². The number of aromatic nitrogens is 1. The van der Waals surface area contributed by atoms with E-state index in [1.165, 1.54) is 13.2 Å². The van der Waals surface area contributed by atoms with Crippen LogP contribution in [0.4, 0.5) is 8.78 Å². The summed E-state index contributed by atoms with van der Waals surface area (Å²) in [6.07, 6.45) is 0. The number of nitrogens with one attached hydrogen (secondary N) is 1. The van der Waals surface area contributed by atoms with Crippen LogP contribution < -0.4 is 14.8 Å². The van der Waals surface area contributed by atoms with Gasteiger partial charge in [0, 0.05) is 37.6 Å². The number of nitrogens with zero attached hydrogens (tertiary/aromatic N) is 3. The fraction of sp³-hybridized carbons (Fsp3) is 0.412. The Hall–Kier alpha value is -2.42. The molecule has 2 rings (SSSR count). The zero-order chi connectivity index (χ0) is 19.1. The highest BCUT2D eigenvalue weighted by Crippen LogP contribution is 2.26. The van der Waals surface area contributed by atoms with Crippen molar-refractivity contribution in [1.82, 2.24) is 15.2 Å². The third kappa shape index (κ3) is 5.55. The summed E-state index contributed by atoms with van der Waals surface area (Å²) in [5.41, 5.74) is 1.52. The van der Waals surface area contributed by atoms with Gasteiger partial charge in [-0.05, 0) is 19.1 Å². The minimum absolute atomic E-state index is 0.0695. The number of thiazole rings is 1. The van der Waals surface area contributed by atoms with Crippen LogP contribution in [0.5, 0.6) is 11.5 Å². The van der Waals surface area contributed by atoms with E-state index in [1.54, 1.807) is 30.5 Å². The summed E-state index contributed by atoms with van der Waals surface area (Å²) in [5.74, 6) is 1.14. The first-order valence-corrected chi connectivity index (χ1v) is 8.75. The van der Waals surface area contributed by atoms with Gasteiger partial charge >= 0.3 is 6.61 Å². The number of aliphatic imine (C=N–C) groups is 1. The number of ether oxygens (including phenoxy) is 2. The Morgan fingerprint density at radius 1 is 1.42 bits per heavy atom. The number of hydrogen-bond donors (Lipinski definition) is 1. The maximum absolute atomic E-state index is 12.7. The van der Waals surface area contributed by atoms with Crippen molar-refractivity contribution in [2.45, 2.75) is 26.6 Å². The molecule has 1 heterocycles. The standard InChI is InChI=1S/C17H22F2N4O2S/c1-11-22-13(10-26-11)9-23(3)17(20-2)21-8-12-5-6-14(24-4)7-15(12)25-16(18)19/h5-7,10,16H,8-9H2,1-4H3,(H,20,21). The molecule has 1 N–H and O–H groups in total. The second-order valence-electron chi connectivity index (χ2n) is 5.47. The van der Waals surface area contributed by atoms with Crippen LogP contribution in [0.2, 0.25) is 0 Å². The van der Waals surface area contributed by atoms with E-state index in [2.05, 4.69) is 20.0 Å². The van der Waals surface area contributed by atoms with Crippen molar-refractivity contribution in [3.63, 3.8) is 0 Å².